The van der Waals surface area contributed by atoms with Crippen LogP contribution in [0.2, 0.25) is 5.02 Å². The van der Waals surface area contributed by atoms with Crippen LogP contribution in [0.15, 0.2) is 17.5 Å². The highest BCUT2D eigenvalue weighted by Gasteiger charge is 2.48. The highest BCUT2D eigenvalue weighted by molar-refractivity contribution is 7.10. The van der Waals surface area contributed by atoms with Crippen LogP contribution in [0.4, 0.5) is 19.0 Å². The first kappa shape index (κ1) is 19.0. The Labute approximate surface area is 157 Å². The van der Waals surface area contributed by atoms with Gasteiger partial charge in [-0.1, -0.05) is 31.0 Å². The summed E-state index contributed by atoms with van der Waals surface area (Å²) in [5, 5.41) is 11.3. The van der Waals surface area contributed by atoms with Crippen molar-refractivity contribution < 1.29 is 18.0 Å². The van der Waals surface area contributed by atoms with E-state index in [0.29, 0.717) is 6.54 Å². The summed E-state index contributed by atoms with van der Waals surface area (Å²) in [6.45, 7) is 2.39. The largest absolute Gasteiger partial charge is 0.410 e. The van der Waals surface area contributed by atoms with E-state index in [2.05, 4.69) is 15.7 Å². The summed E-state index contributed by atoms with van der Waals surface area (Å²) in [7, 11) is 0. The van der Waals surface area contributed by atoms with Crippen molar-refractivity contribution in [1.29, 1.82) is 0 Å². The number of thiophene rings is 1. The van der Waals surface area contributed by atoms with Gasteiger partial charge in [-0.05, 0) is 17.9 Å². The van der Waals surface area contributed by atoms with Crippen LogP contribution >= 0.6 is 22.9 Å². The smallest absolute Gasteiger partial charge is 0.361 e. The summed E-state index contributed by atoms with van der Waals surface area (Å²) in [4.78, 5) is 13.0. The van der Waals surface area contributed by atoms with Crippen molar-refractivity contribution in [2.75, 3.05) is 11.9 Å². The SMILES string of the molecule is CCCCNC(=O)c1nn2c(c1Cl)NC(c1cccs1)CC2C(F)(F)F. The van der Waals surface area contributed by atoms with Crippen LogP contribution in [0.1, 0.15) is 53.6 Å². The van der Waals surface area contributed by atoms with Gasteiger partial charge in [-0.25, -0.2) is 4.68 Å². The number of unbranched alkanes of at least 4 members (excludes halogenated alkanes) is 1. The summed E-state index contributed by atoms with van der Waals surface area (Å²) in [6.07, 6.45) is -3.07. The number of carbonyl (C=O) groups is 1. The van der Waals surface area contributed by atoms with Gasteiger partial charge in [0.1, 0.15) is 10.8 Å². The zero-order valence-electron chi connectivity index (χ0n) is 13.9. The topological polar surface area (TPSA) is 59.0 Å². The zero-order valence-corrected chi connectivity index (χ0v) is 15.5. The van der Waals surface area contributed by atoms with Crippen molar-refractivity contribution in [2.45, 2.75) is 44.4 Å². The van der Waals surface area contributed by atoms with Gasteiger partial charge in [0.2, 0.25) is 0 Å². The molecule has 2 N–H and O–H groups in total. The number of fused-ring (bicyclic) bond motifs is 1. The predicted molar refractivity (Wildman–Crippen MR) is 94.9 cm³/mol. The molecule has 3 rings (SSSR count). The molecular weight excluding hydrogens is 389 g/mol. The molecule has 0 aromatic carbocycles. The van der Waals surface area contributed by atoms with E-state index in [9.17, 15) is 18.0 Å². The van der Waals surface area contributed by atoms with Gasteiger partial charge < -0.3 is 10.6 Å². The molecule has 1 aliphatic heterocycles. The molecule has 26 heavy (non-hydrogen) atoms. The Morgan fingerprint density at radius 1 is 1.54 bits per heavy atom. The fraction of sp³-hybridized carbons (Fsp3) is 0.500. The molecule has 3 heterocycles. The van der Waals surface area contributed by atoms with Crippen LogP contribution in [0.25, 0.3) is 0 Å². The van der Waals surface area contributed by atoms with Crippen molar-refractivity contribution in [3.63, 3.8) is 0 Å². The number of alkyl halides is 3. The lowest BCUT2D eigenvalue weighted by Gasteiger charge is -2.32. The lowest BCUT2D eigenvalue weighted by Crippen LogP contribution is -2.35. The number of aromatic nitrogens is 2. The van der Waals surface area contributed by atoms with Gasteiger partial charge in [-0.15, -0.1) is 11.3 Å². The van der Waals surface area contributed by atoms with E-state index in [4.69, 9.17) is 11.6 Å². The number of nitrogens with one attached hydrogen (secondary N) is 2. The quantitative estimate of drug-likeness (QED) is 0.702. The molecule has 0 spiro atoms. The lowest BCUT2D eigenvalue weighted by molar-refractivity contribution is -0.173. The molecule has 2 unspecified atom stereocenters. The van der Waals surface area contributed by atoms with Crippen LogP contribution in [0.5, 0.6) is 0 Å². The highest BCUT2D eigenvalue weighted by Crippen LogP contribution is 2.46. The Hall–Kier alpha value is -1.74. The molecule has 0 bridgehead atoms. The Balaban J connectivity index is 1.95. The van der Waals surface area contributed by atoms with Gasteiger partial charge in [-0.3, -0.25) is 4.79 Å². The first-order valence-corrected chi connectivity index (χ1v) is 9.51. The van der Waals surface area contributed by atoms with E-state index in [1.165, 1.54) is 11.3 Å². The number of amides is 1. The Bertz CT molecular complexity index is 775. The van der Waals surface area contributed by atoms with Crippen LogP contribution < -0.4 is 10.6 Å². The van der Waals surface area contributed by atoms with Gasteiger partial charge in [0, 0.05) is 17.8 Å². The van der Waals surface area contributed by atoms with Crippen LogP contribution in [-0.4, -0.2) is 28.4 Å². The number of carbonyl (C=O) groups excluding carboxylic acids is 1. The minimum Gasteiger partial charge on any atom is -0.361 e. The number of hydrogen-bond acceptors (Lipinski definition) is 4. The first-order chi connectivity index (χ1) is 12.3. The van der Waals surface area contributed by atoms with Crippen LogP contribution in [-0.2, 0) is 0 Å². The maximum Gasteiger partial charge on any atom is 0.410 e. The minimum absolute atomic E-state index is 0.0271. The van der Waals surface area contributed by atoms with Gasteiger partial charge in [-0.2, -0.15) is 18.3 Å². The maximum atomic E-state index is 13.6. The lowest BCUT2D eigenvalue weighted by atomic mass is 10.0. The molecule has 2 aromatic rings. The molecule has 142 valence electrons. The normalized spacial score (nSPS) is 19.7. The Morgan fingerprint density at radius 2 is 2.31 bits per heavy atom. The van der Waals surface area contributed by atoms with E-state index < -0.39 is 24.2 Å². The second kappa shape index (κ2) is 7.48. The molecule has 10 heteroatoms. The molecule has 1 amide bonds. The van der Waals surface area contributed by atoms with Gasteiger partial charge in [0.25, 0.3) is 5.91 Å². The zero-order chi connectivity index (χ0) is 18.9. The third-order valence-electron chi connectivity index (χ3n) is 4.21. The van der Waals surface area contributed by atoms with E-state index in [1.807, 2.05) is 6.92 Å². The van der Waals surface area contributed by atoms with Gasteiger partial charge in [0.15, 0.2) is 11.7 Å². The summed E-state index contributed by atoms with van der Waals surface area (Å²) < 4.78 is 41.6. The second-order valence-electron chi connectivity index (χ2n) is 6.07. The monoisotopic (exact) mass is 406 g/mol. The molecular formula is C16H18ClF3N4OS. The Kier molecular flexibility index (Phi) is 5.47. The molecule has 1 aliphatic rings. The number of anilines is 1. The minimum atomic E-state index is -4.50. The average Bonchev–Trinajstić information content (AvgIpc) is 3.22. The van der Waals surface area contributed by atoms with Crippen LogP contribution in [0.3, 0.4) is 0 Å². The van der Waals surface area contributed by atoms with Crippen molar-refractivity contribution in [3.8, 4) is 0 Å². The molecule has 0 fully saturated rings. The molecule has 2 aromatic heterocycles. The Morgan fingerprint density at radius 3 is 2.92 bits per heavy atom. The third-order valence-corrected chi connectivity index (χ3v) is 5.56. The average molecular weight is 407 g/mol. The molecule has 5 nitrogen and oxygen atoms in total. The fourth-order valence-electron chi connectivity index (χ4n) is 2.87. The number of rotatable bonds is 5. The molecule has 0 radical (unpaired) electrons. The second-order valence-corrected chi connectivity index (χ2v) is 7.43. The van der Waals surface area contributed by atoms with Gasteiger partial charge >= 0.3 is 6.18 Å². The first-order valence-electron chi connectivity index (χ1n) is 8.25. The van der Waals surface area contributed by atoms with E-state index >= 15 is 0 Å². The summed E-state index contributed by atoms with van der Waals surface area (Å²) in [5.74, 6) is -0.542. The standard InChI is InChI=1S/C16H18ClF3N4OS/c1-2-3-6-21-15(25)13-12(17)14-22-9(10-5-4-7-26-10)8-11(16(18,19)20)24(14)23-13/h4-5,7,9,11,22H,2-3,6,8H2,1H3,(H,21,25). The van der Waals surface area contributed by atoms with Crippen molar-refractivity contribution in [2.24, 2.45) is 0 Å². The molecule has 0 saturated heterocycles. The fourth-order valence-corrected chi connectivity index (χ4v) is 3.93. The van der Waals surface area contributed by atoms with Gasteiger partial charge in [0.05, 0.1) is 6.04 Å². The molecule has 0 saturated carbocycles. The molecule has 2 atom stereocenters. The van der Waals surface area contributed by atoms with Crippen molar-refractivity contribution >= 4 is 34.7 Å². The summed E-state index contributed by atoms with van der Waals surface area (Å²) in [6, 6.07) is 1.17. The van der Waals surface area contributed by atoms with Crippen molar-refractivity contribution in [1.82, 2.24) is 15.1 Å². The summed E-state index contributed by atoms with van der Waals surface area (Å²) >= 11 is 7.59. The highest BCUT2D eigenvalue weighted by atomic mass is 35.5. The van der Waals surface area contributed by atoms with Crippen LogP contribution in [0, 0.1) is 0 Å². The molecule has 0 aliphatic carbocycles. The number of nitrogens with zero attached hydrogens (tertiary/aromatic N) is 2. The number of halogens is 4. The summed E-state index contributed by atoms with van der Waals surface area (Å²) in [5.41, 5.74) is -0.189. The third kappa shape index (κ3) is 3.68. The number of hydrogen-bond donors (Lipinski definition) is 2. The predicted octanol–water partition coefficient (Wildman–Crippen LogP) is 4.79. The van der Waals surface area contributed by atoms with E-state index in [0.717, 1.165) is 22.4 Å². The van der Waals surface area contributed by atoms with E-state index in [-0.39, 0.29) is 23.0 Å². The van der Waals surface area contributed by atoms with Crippen molar-refractivity contribution in [3.05, 3.63) is 33.1 Å². The van der Waals surface area contributed by atoms with E-state index in [1.54, 1.807) is 17.5 Å². The maximum absolute atomic E-state index is 13.6.